The van der Waals surface area contributed by atoms with Gasteiger partial charge in [-0.05, 0) is 50.1 Å². The maximum Gasteiger partial charge on any atom is 0.336 e. The summed E-state index contributed by atoms with van der Waals surface area (Å²) in [5.74, 6) is -0.295. The lowest BCUT2D eigenvalue weighted by atomic mass is 9.84. The molecule has 2 bridgehead atoms. The average Bonchev–Trinajstić information content (AvgIpc) is 2.56. The number of carbonyl (C=O) groups is 1. The SMILES string of the molecule is O=C(O)c1ccccc1/C=N\NC(=S)N[C@H]1CN2CCC1CC2. The highest BCUT2D eigenvalue weighted by Gasteiger charge is 2.34. The zero-order chi connectivity index (χ0) is 16.2. The lowest BCUT2D eigenvalue weighted by molar-refractivity contribution is 0.0697. The molecule has 0 amide bonds. The third kappa shape index (κ3) is 3.86. The second-order valence-corrected chi connectivity index (χ2v) is 6.39. The fraction of sp³-hybridized carbons (Fsp3) is 0.438. The number of piperidine rings is 3. The van der Waals surface area contributed by atoms with Gasteiger partial charge in [0.1, 0.15) is 0 Å². The summed E-state index contributed by atoms with van der Waals surface area (Å²) in [7, 11) is 0. The van der Waals surface area contributed by atoms with Crippen LogP contribution in [0.3, 0.4) is 0 Å². The van der Waals surface area contributed by atoms with E-state index in [1.165, 1.54) is 32.1 Å². The van der Waals surface area contributed by atoms with Crippen LogP contribution in [0, 0.1) is 5.92 Å². The average molecular weight is 332 g/mol. The van der Waals surface area contributed by atoms with E-state index in [4.69, 9.17) is 17.3 Å². The van der Waals surface area contributed by atoms with E-state index in [9.17, 15) is 4.79 Å². The summed E-state index contributed by atoms with van der Waals surface area (Å²) in [6.45, 7) is 3.40. The Morgan fingerprint density at radius 2 is 2.09 bits per heavy atom. The van der Waals surface area contributed by atoms with Crippen molar-refractivity contribution in [2.75, 3.05) is 19.6 Å². The second-order valence-electron chi connectivity index (χ2n) is 5.98. The molecule has 0 aliphatic carbocycles. The number of thiocarbonyl (C=S) groups is 1. The van der Waals surface area contributed by atoms with Gasteiger partial charge in [0.05, 0.1) is 11.8 Å². The molecule has 6 nitrogen and oxygen atoms in total. The number of carboxylic acids is 1. The van der Waals surface area contributed by atoms with Crippen LogP contribution in [-0.4, -0.2) is 53.0 Å². The smallest absolute Gasteiger partial charge is 0.336 e. The summed E-state index contributed by atoms with van der Waals surface area (Å²) in [6.07, 6.45) is 3.92. The highest BCUT2D eigenvalue weighted by Crippen LogP contribution is 2.27. The van der Waals surface area contributed by atoms with Crippen molar-refractivity contribution in [3.8, 4) is 0 Å². The Bertz CT molecular complexity index is 626. The molecule has 0 unspecified atom stereocenters. The molecule has 0 radical (unpaired) electrons. The van der Waals surface area contributed by atoms with Crippen molar-refractivity contribution in [2.45, 2.75) is 18.9 Å². The minimum Gasteiger partial charge on any atom is -0.478 e. The van der Waals surface area contributed by atoms with Crippen LogP contribution in [0.2, 0.25) is 0 Å². The normalized spacial score (nSPS) is 26.2. The molecule has 122 valence electrons. The topological polar surface area (TPSA) is 77.0 Å². The molecule has 3 saturated heterocycles. The second kappa shape index (κ2) is 7.06. The van der Waals surface area contributed by atoms with Crippen LogP contribution in [0.4, 0.5) is 0 Å². The highest BCUT2D eigenvalue weighted by atomic mass is 32.1. The number of fused-ring (bicyclic) bond motifs is 3. The van der Waals surface area contributed by atoms with E-state index < -0.39 is 5.97 Å². The Morgan fingerprint density at radius 1 is 1.35 bits per heavy atom. The van der Waals surface area contributed by atoms with Crippen LogP contribution in [0.15, 0.2) is 29.4 Å². The van der Waals surface area contributed by atoms with E-state index in [0.717, 1.165) is 6.54 Å². The van der Waals surface area contributed by atoms with Crippen molar-refractivity contribution >= 4 is 29.5 Å². The van der Waals surface area contributed by atoms with Crippen LogP contribution < -0.4 is 10.7 Å². The van der Waals surface area contributed by atoms with Gasteiger partial charge >= 0.3 is 5.97 Å². The van der Waals surface area contributed by atoms with E-state index >= 15 is 0 Å². The van der Waals surface area contributed by atoms with Gasteiger partial charge in [-0.3, -0.25) is 5.43 Å². The minimum atomic E-state index is -0.972. The van der Waals surface area contributed by atoms with Gasteiger partial charge in [-0.15, -0.1) is 0 Å². The van der Waals surface area contributed by atoms with Crippen LogP contribution in [0.5, 0.6) is 0 Å². The monoisotopic (exact) mass is 332 g/mol. The van der Waals surface area contributed by atoms with Crippen molar-refractivity contribution in [3.63, 3.8) is 0 Å². The van der Waals surface area contributed by atoms with Crippen LogP contribution in [-0.2, 0) is 0 Å². The fourth-order valence-electron chi connectivity index (χ4n) is 3.29. The van der Waals surface area contributed by atoms with E-state index in [1.807, 2.05) is 0 Å². The predicted octanol–water partition coefficient (Wildman–Crippen LogP) is 1.28. The number of nitrogens with zero attached hydrogens (tertiary/aromatic N) is 2. The maximum atomic E-state index is 11.1. The number of hydrogen-bond acceptors (Lipinski definition) is 4. The van der Waals surface area contributed by atoms with Crippen molar-refractivity contribution in [1.82, 2.24) is 15.6 Å². The third-order valence-electron chi connectivity index (χ3n) is 4.53. The summed E-state index contributed by atoms with van der Waals surface area (Å²) >= 11 is 5.28. The molecule has 3 N–H and O–H groups in total. The lowest BCUT2D eigenvalue weighted by Crippen LogP contribution is -2.58. The lowest BCUT2D eigenvalue weighted by Gasteiger charge is -2.45. The van der Waals surface area contributed by atoms with Gasteiger partial charge in [0.15, 0.2) is 5.11 Å². The van der Waals surface area contributed by atoms with Gasteiger partial charge in [0.25, 0.3) is 0 Å². The molecule has 3 heterocycles. The zero-order valence-corrected chi connectivity index (χ0v) is 13.6. The molecule has 7 heteroatoms. The van der Waals surface area contributed by atoms with E-state index in [0.29, 0.717) is 22.6 Å². The van der Waals surface area contributed by atoms with Crippen LogP contribution in [0.1, 0.15) is 28.8 Å². The molecular weight excluding hydrogens is 312 g/mol. The van der Waals surface area contributed by atoms with Crippen molar-refractivity contribution in [3.05, 3.63) is 35.4 Å². The van der Waals surface area contributed by atoms with Gasteiger partial charge in [-0.2, -0.15) is 5.10 Å². The van der Waals surface area contributed by atoms with E-state index in [-0.39, 0.29) is 5.56 Å². The Hall–Kier alpha value is -1.99. The van der Waals surface area contributed by atoms with Crippen molar-refractivity contribution in [1.29, 1.82) is 0 Å². The number of aromatic carboxylic acids is 1. The molecule has 1 atom stereocenters. The Balaban J connectivity index is 1.54. The molecule has 0 saturated carbocycles. The molecule has 23 heavy (non-hydrogen) atoms. The predicted molar refractivity (Wildman–Crippen MR) is 92.8 cm³/mol. The highest BCUT2D eigenvalue weighted by molar-refractivity contribution is 7.80. The first-order chi connectivity index (χ1) is 11.1. The standard InChI is InChI=1S/C16H20N4O2S/c21-15(22)13-4-2-1-3-12(13)9-17-19-16(23)18-14-10-20-7-5-11(14)6-8-20/h1-4,9,11,14H,5-8,10H2,(H,21,22)(H2,18,19,23)/b17-9-/t14-/m0/s1. The van der Waals surface area contributed by atoms with Crippen LogP contribution in [0.25, 0.3) is 0 Å². The Kier molecular flexibility index (Phi) is 4.88. The number of rotatable bonds is 4. The molecule has 3 aliphatic heterocycles. The van der Waals surface area contributed by atoms with Gasteiger partial charge in [-0.25, -0.2) is 4.79 Å². The quantitative estimate of drug-likeness (QED) is 0.438. The summed E-state index contributed by atoms with van der Waals surface area (Å²) in [6, 6.07) is 7.09. The molecule has 3 aliphatic rings. The Labute approximate surface area is 140 Å². The van der Waals surface area contributed by atoms with Gasteiger partial charge in [0, 0.05) is 18.2 Å². The molecule has 1 aromatic carbocycles. The molecular formula is C16H20N4O2S. The van der Waals surface area contributed by atoms with Crippen molar-refractivity contribution in [2.24, 2.45) is 11.0 Å². The van der Waals surface area contributed by atoms with Gasteiger partial charge in [-0.1, -0.05) is 18.2 Å². The molecule has 4 rings (SSSR count). The maximum absolute atomic E-state index is 11.1. The zero-order valence-electron chi connectivity index (χ0n) is 12.7. The van der Waals surface area contributed by atoms with Gasteiger partial charge < -0.3 is 15.3 Å². The van der Waals surface area contributed by atoms with E-state index in [1.54, 1.807) is 24.3 Å². The molecule has 3 fully saturated rings. The molecule has 0 spiro atoms. The van der Waals surface area contributed by atoms with Crippen LogP contribution >= 0.6 is 12.2 Å². The summed E-state index contributed by atoms with van der Waals surface area (Å²) in [4.78, 5) is 13.6. The van der Waals surface area contributed by atoms with Crippen molar-refractivity contribution < 1.29 is 9.90 Å². The number of benzene rings is 1. The number of nitrogens with one attached hydrogen (secondary N) is 2. The summed E-state index contributed by atoms with van der Waals surface area (Å²) < 4.78 is 0. The number of hydrogen-bond donors (Lipinski definition) is 3. The third-order valence-corrected chi connectivity index (χ3v) is 4.74. The molecule has 1 aromatic rings. The molecule has 0 aromatic heterocycles. The summed E-state index contributed by atoms with van der Waals surface area (Å²) in [5, 5.41) is 17.0. The largest absolute Gasteiger partial charge is 0.478 e. The van der Waals surface area contributed by atoms with Gasteiger partial charge in [0.2, 0.25) is 0 Å². The number of carboxylic acid groups (broad SMARTS) is 1. The Morgan fingerprint density at radius 3 is 2.74 bits per heavy atom. The number of hydrazone groups is 1. The summed E-state index contributed by atoms with van der Waals surface area (Å²) in [5.41, 5.74) is 3.54. The first-order valence-electron chi connectivity index (χ1n) is 7.78. The van der Waals surface area contributed by atoms with E-state index in [2.05, 4.69) is 20.7 Å². The minimum absolute atomic E-state index is 0.217. The fourth-order valence-corrected chi connectivity index (χ4v) is 3.50. The first kappa shape index (κ1) is 15.9. The first-order valence-corrected chi connectivity index (χ1v) is 8.18.